The van der Waals surface area contributed by atoms with Crippen LogP contribution in [0, 0.1) is 6.92 Å². The van der Waals surface area contributed by atoms with E-state index in [2.05, 4.69) is 65.6 Å². The van der Waals surface area contributed by atoms with Gasteiger partial charge in [0.15, 0.2) is 8.32 Å². The van der Waals surface area contributed by atoms with E-state index in [1.165, 1.54) is 11.1 Å². The number of nitrogens with two attached hydrogens (primary N) is 1. The summed E-state index contributed by atoms with van der Waals surface area (Å²) >= 11 is 0. The Labute approximate surface area is 118 Å². The van der Waals surface area contributed by atoms with E-state index in [0.29, 0.717) is 12.3 Å². The first-order valence-electron chi connectivity index (χ1n) is 6.72. The van der Waals surface area contributed by atoms with Gasteiger partial charge in [0.05, 0.1) is 6.61 Å². The number of benzene rings is 1. The van der Waals surface area contributed by atoms with E-state index in [9.17, 15) is 0 Å². The lowest BCUT2D eigenvalue weighted by atomic mass is 10.1. The Bertz CT molecular complexity index is 472. The van der Waals surface area contributed by atoms with Crippen molar-refractivity contribution in [3.05, 3.63) is 41.5 Å². The van der Waals surface area contributed by atoms with E-state index in [4.69, 9.17) is 10.2 Å². The standard InChI is InChI=1S/C16H27NOSi/c1-12-8-14(10-15(9-12)13(2)17)11-18-19(6,7)16(3,4)5/h8-10H,2,11,17H2,1,3-7H3. The van der Waals surface area contributed by atoms with Gasteiger partial charge >= 0.3 is 0 Å². The molecule has 0 heterocycles. The van der Waals surface area contributed by atoms with Crippen molar-refractivity contribution in [3.8, 4) is 0 Å². The fourth-order valence-corrected chi connectivity index (χ4v) is 2.57. The van der Waals surface area contributed by atoms with Gasteiger partial charge in [-0.2, -0.15) is 0 Å². The molecule has 19 heavy (non-hydrogen) atoms. The van der Waals surface area contributed by atoms with Crippen LogP contribution in [0.15, 0.2) is 24.8 Å². The van der Waals surface area contributed by atoms with Crippen LogP contribution < -0.4 is 5.73 Å². The summed E-state index contributed by atoms with van der Waals surface area (Å²) in [5.41, 5.74) is 9.74. The van der Waals surface area contributed by atoms with Crippen LogP contribution in [0.3, 0.4) is 0 Å². The van der Waals surface area contributed by atoms with E-state index >= 15 is 0 Å². The van der Waals surface area contributed by atoms with Crippen molar-refractivity contribution in [1.82, 2.24) is 0 Å². The molecule has 0 spiro atoms. The van der Waals surface area contributed by atoms with Crippen LogP contribution in [0.4, 0.5) is 0 Å². The molecule has 1 rings (SSSR count). The first kappa shape index (κ1) is 16.0. The molecule has 1 aromatic rings. The molecule has 2 nitrogen and oxygen atoms in total. The van der Waals surface area contributed by atoms with Crippen LogP contribution in [0.5, 0.6) is 0 Å². The average Bonchev–Trinajstić information content (AvgIpc) is 2.24. The number of hydrogen-bond donors (Lipinski definition) is 1. The van der Waals surface area contributed by atoms with Gasteiger partial charge in [0.2, 0.25) is 0 Å². The second kappa shape index (κ2) is 5.51. The molecule has 0 aliphatic heterocycles. The monoisotopic (exact) mass is 277 g/mol. The molecule has 1 aromatic carbocycles. The van der Waals surface area contributed by atoms with Crippen LogP contribution >= 0.6 is 0 Å². The third-order valence-corrected chi connectivity index (χ3v) is 8.39. The summed E-state index contributed by atoms with van der Waals surface area (Å²) < 4.78 is 6.24. The second-order valence-electron chi connectivity index (χ2n) is 6.78. The zero-order valence-electron chi connectivity index (χ0n) is 13.1. The average molecular weight is 277 g/mol. The van der Waals surface area contributed by atoms with Gasteiger partial charge in [0, 0.05) is 5.70 Å². The van der Waals surface area contributed by atoms with Crippen molar-refractivity contribution in [3.63, 3.8) is 0 Å². The lowest BCUT2D eigenvalue weighted by molar-refractivity contribution is 0.276. The van der Waals surface area contributed by atoms with Gasteiger partial charge in [-0.15, -0.1) is 0 Å². The summed E-state index contributed by atoms with van der Waals surface area (Å²) in [7, 11) is -1.70. The fraction of sp³-hybridized carbons (Fsp3) is 0.500. The predicted molar refractivity (Wildman–Crippen MR) is 86.4 cm³/mol. The highest BCUT2D eigenvalue weighted by Crippen LogP contribution is 2.37. The Balaban J connectivity index is 2.87. The molecular weight excluding hydrogens is 250 g/mol. The van der Waals surface area contributed by atoms with Crippen molar-refractivity contribution < 1.29 is 4.43 Å². The molecule has 106 valence electrons. The highest BCUT2D eigenvalue weighted by molar-refractivity contribution is 6.74. The Morgan fingerprint density at radius 1 is 1.26 bits per heavy atom. The van der Waals surface area contributed by atoms with E-state index in [1.807, 2.05) is 0 Å². The molecule has 3 heteroatoms. The van der Waals surface area contributed by atoms with E-state index < -0.39 is 8.32 Å². The number of aryl methyl sites for hydroxylation is 1. The quantitative estimate of drug-likeness (QED) is 0.825. The maximum atomic E-state index is 6.24. The molecule has 2 N–H and O–H groups in total. The Kier molecular flexibility index (Phi) is 4.64. The van der Waals surface area contributed by atoms with Crippen molar-refractivity contribution in [2.75, 3.05) is 0 Å². The fourth-order valence-electron chi connectivity index (χ4n) is 1.61. The highest BCUT2D eigenvalue weighted by Gasteiger charge is 2.36. The molecule has 0 saturated heterocycles. The summed E-state index contributed by atoms with van der Waals surface area (Å²) in [6, 6.07) is 6.28. The van der Waals surface area contributed by atoms with E-state index in [0.717, 1.165) is 5.56 Å². The summed E-state index contributed by atoms with van der Waals surface area (Å²) in [4.78, 5) is 0. The smallest absolute Gasteiger partial charge is 0.192 e. The minimum Gasteiger partial charge on any atom is -0.413 e. The maximum Gasteiger partial charge on any atom is 0.192 e. The molecule has 0 fully saturated rings. The van der Waals surface area contributed by atoms with Crippen LogP contribution in [0.1, 0.15) is 37.5 Å². The van der Waals surface area contributed by atoms with Crippen LogP contribution in [-0.4, -0.2) is 8.32 Å². The molecule has 0 atom stereocenters. The van der Waals surface area contributed by atoms with Gasteiger partial charge in [-0.05, 0) is 48.3 Å². The summed E-state index contributed by atoms with van der Waals surface area (Å²) in [5, 5.41) is 0.233. The Hall–Kier alpha value is -1.06. The third-order valence-electron chi connectivity index (χ3n) is 3.91. The lowest BCUT2D eigenvalue weighted by Gasteiger charge is -2.36. The molecular formula is C16H27NOSi. The first-order valence-corrected chi connectivity index (χ1v) is 9.63. The maximum absolute atomic E-state index is 6.24. The van der Waals surface area contributed by atoms with Crippen molar-refractivity contribution in [1.29, 1.82) is 0 Å². The normalized spacial score (nSPS) is 12.5. The van der Waals surface area contributed by atoms with Crippen LogP contribution in [0.25, 0.3) is 5.70 Å². The van der Waals surface area contributed by atoms with Gasteiger partial charge in [0.1, 0.15) is 0 Å². The third kappa shape index (κ3) is 4.22. The largest absolute Gasteiger partial charge is 0.413 e. The molecule has 0 aliphatic carbocycles. The van der Waals surface area contributed by atoms with Gasteiger partial charge in [-0.3, -0.25) is 0 Å². The van der Waals surface area contributed by atoms with Gasteiger partial charge in [0.25, 0.3) is 0 Å². The van der Waals surface area contributed by atoms with Gasteiger partial charge in [-0.25, -0.2) is 0 Å². The number of hydrogen-bond acceptors (Lipinski definition) is 2. The van der Waals surface area contributed by atoms with Crippen molar-refractivity contribution in [2.24, 2.45) is 5.73 Å². The van der Waals surface area contributed by atoms with Crippen molar-refractivity contribution in [2.45, 2.75) is 52.4 Å². The first-order chi connectivity index (χ1) is 8.53. The molecule has 0 bridgehead atoms. The molecule has 0 unspecified atom stereocenters. The SMILES string of the molecule is C=C(N)c1cc(C)cc(CO[Si](C)(C)C(C)(C)C)c1. The molecule has 0 aliphatic rings. The second-order valence-corrected chi connectivity index (χ2v) is 11.6. The molecule has 0 amide bonds. The minimum absolute atomic E-state index is 0.233. The minimum atomic E-state index is -1.70. The van der Waals surface area contributed by atoms with E-state index in [1.54, 1.807) is 0 Å². The lowest BCUT2D eigenvalue weighted by Crippen LogP contribution is -2.40. The van der Waals surface area contributed by atoms with Crippen molar-refractivity contribution >= 4 is 14.0 Å². The molecule has 0 radical (unpaired) electrons. The van der Waals surface area contributed by atoms with Gasteiger partial charge in [-0.1, -0.05) is 39.0 Å². The Morgan fingerprint density at radius 3 is 2.32 bits per heavy atom. The van der Waals surface area contributed by atoms with Gasteiger partial charge < -0.3 is 10.2 Å². The van der Waals surface area contributed by atoms with Crippen LogP contribution in [-0.2, 0) is 11.0 Å². The summed E-state index contributed by atoms with van der Waals surface area (Å²) in [5.74, 6) is 0. The molecule has 0 saturated carbocycles. The summed E-state index contributed by atoms with van der Waals surface area (Å²) in [6.45, 7) is 17.8. The van der Waals surface area contributed by atoms with E-state index in [-0.39, 0.29) is 5.04 Å². The zero-order valence-corrected chi connectivity index (χ0v) is 14.1. The summed E-state index contributed by atoms with van der Waals surface area (Å²) in [6.07, 6.45) is 0. The van der Waals surface area contributed by atoms with Crippen LogP contribution in [0.2, 0.25) is 18.1 Å². The zero-order chi connectivity index (χ0) is 14.8. The Morgan fingerprint density at radius 2 is 1.84 bits per heavy atom. The highest BCUT2D eigenvalue weighted by atomic mass is 28.4. The topological polar surface area (TPSA) is 35.2 Å². The molecule has 0 aromatic heterocycles. The predicted octanol–water partition coefficient (Wildman–Crippen LogP) is 4.45. The number of rotatable bonds is 4.